The van der Waals surface area contributed by atoms with E-state index in [1.54, 1.807) is 12.1 Å². The Morgan fingerprint density at radius 1 is 1.23 bits per heavy atom. The van der Waals surface area contributed by atoms with Crippen molar-refractivity contribution in [1.29, 1.82) is 0 Å². The molecular formula is C17H23NO4. The van der Waals surface area contributed by atoms with Crippen LogP contribution in [0.2, 0.25) is 0 Å². The molecular weight excluding hydrogens is 282 g/mol. The Hall–Kier alpha value is -2.04. The molecule has 0 heterocycles. The van der Waals surface area contributed by atoms with E-state index in [4.69, 9.17) is 4.74 Å². The molecule has 0 unspecified atom stereocenters. The number of aliphatic carboxylic acids is 1. The zero-order chi connectivity index (χ0) is 16.1. The molecule has 5 nitrogen and oxygen atoms in total. The first-order valence-electron chi connectivity index (χ1n) is 7.77. The van der Waals surface area contributed by atoms with Crippen LogP contribution in [0, 0.1) is 11.8 Å². The standard InChI is InChI=1S/C17H23NO4/c1-11(2)22-13-7-5-6-12(10-13)18-16(19)14-8-3-4-9-15(14)17(20)21/h5-7,10-11,14-15H,3-4,8-9H2,1-2H3,(H,18,19)(H,20,21)/t14-,15-/m1/s1. The second kappa shape index (κ2) is 7.29. The summed E-state index contributed by atoms with van der Waals surface area (Å²) in [6.07, 6.45) is 3.03. The lowest BCUT2D eigenvalue weighted by Gasteiger charge is -2.27. The summed E-state index contributed by atoms with van der Waals surface area (Å²) in [5.74, 6) is -1.44. The fraction of sp³-hybridized carbons (Fsp3) is 0.529. The van der Waals surface area contributed by atoms with Crippen molar-refractivity contribution in [3.8, 4) is 5.75 Å². The number of hydrogen-bond acceptors (Lipinski definition) is 3. The molecule has 22 heavy (non-hydrogen) atoms. The second-order valence-electron chi connectivity index (χ2n) is 6.02. The van der Waals surface area contributed by atoms with Gasteiger partial charge in [-0.05, 0) is 38.8 Å². The van der Waals surface area contributed by atoms with Crippen LogP contribution in [-0.4, -0.2) is 23.1 Å². The van der Waals surface area contributed by atoms with Crippen LogP contribution in [-0.2, 0) is 9.59 Å². The molecule has 0 aliphatic heterocycles. The number of rotatable bonds is 5. The average Bonchev–Trinajstić information content (AvgIpc) is 2.46. The number of hydrogen-bond donors (Lipinski definition) is 2. The Labute approximate surface area is 130 Å². The summed E-state index contributed by atoms with van der Waals surface area (Å²) in [6.45, 7) is 3.87. The maximum Gasteiger partial charge on any atom is 0.307 e. The highest BCUT2D eigenvalue weighted by molar-refractivity contribution is 5.95. The van der Waals surface area contributed by atoms with E-state index < -0.39 is 17.8 Å². The first kappa shape index (κ1) is 16.3. The molecule has 1 aromatic rings. The normalized spacial score (nSPS) is 21.4. The van der Waals surface area contributed by atoms with Crippen molar-refractivity contribution >= 4 is 17.6 Å². The van der Waals surface area contributed by atoms with Gasteiger partial charge in [-0.2, -0.15) is 0 Å². The van der Waals surface area contributed by atoms with Crippen molar-refractivity contribution in [2.75, 3.05) is 5.32 Å². The lowest BCUT2D eigenvalue weighted by molar-refractivity contribution is -0.147. The average molecular weight is 305 g/mol. The molecule has 1 saturated carbocycles. The molecule has 1 amide bonds. The van der Waals surface area contributed by atoms with Gasteiger partial charge < -0.3 is 15.2 Å². The van der Waals surface area contributed by atoms with Gasteiger partial charge in [0.2, 0.25) is 5.91 Å². The van der Waals surface area contributed by atoms with Crippen LogP contribution in [0.1, 0.15) is 39.5 Å². The molecule has 2 atom stereocenters. The van der Waals surface area contributed by atoms with Crippen LogP contribution >= 0.6 is 0 Å². The van der Waals surface area contributed by atoms with Crippen molar-refractivity contribution < 1.29 is 19.4 Å². The summed E-state index contributed by atoms with van der Waals surface area (Å²) in [5, 5.41) is 12.1. The Kier molecular flexibility index (Phi) is 5.41. The summed E-state index contributed by atoms with van der Waals surface area (Å²) in [6, 6.07) is 7.18. The van der Waals surface area contributed by atoms with E-state index in [9.17, 15) is 14.7 Å². The van der Waals surface area contributed by atoms with Gasteiger partial charge in [-0.25, -0.2) is 0 Å². The molecule has 2 rings (SSSR count). The SMILES string of the molecule is CC(C)Oc1cccc(NC(=O)[C@@H]2CCCC[C@H]2C(=O)O)c1. The van der Waals surface area contributed by atoms with Crippen LogP contribution < -0.4 is 10.1 Å². The van der Waals surface area contributed by atoms with Crippen molar-refractivity contribution in [1.82, 2.24) is 0 Å². The van der Waals surface area contributed by atoms with Crippen LogP contribution in [0.25, 0.3) is 0 Å². The van der Waals surface area contributed by atoms with Gasteiger partial charge in [0.25, 0.3) is 0 Å². The van der Waals surface area contributed by atoms with Crippen LogP contribution in [0.3, 0.4) is 0 Å². The molecule has 0 radical (unpaired) electrons. The van der Waals surface area contributed by atoms with E-state index in [0.29, 0.717) is 24.3 Å². The van der Waals surface area contributed by atoms with Gasteiger partial charge in [-0.3, -0.25) is 9.59 Å². The third-order valence-corrected chi connectivity index (χ3v) is 3.89. The number of carbonyl (C=O) groups is 2. The van der Waals surface area contributed by atoms with E-state index in [0.717, 1.165) is 12.8 Å². The maximum atomic E-state index is 12.4. The fourth-order valence-corrected chi connectivity index (χ4v) is 2.89. The van der Waals surface area contributed by atoms with Crippen LogP contribution in [0.15, 0.2) is 24.3 Å². The Morgan fingerprint density at radius 2 is 1.91 bits per heavy atom. The molecule has 0 aromatic heterocycles. The van der Waals surface area contributed by atoms with Crippen molar-refractivity contribution in [2.24, 2.45) is 11.8 Å². The topological polar surface area (TPSA) is 75.6 Å². The van der Waals surface area contributed by atoms with Gasteiger partial charge in [0.15, 0.2) is 0 Å². The third kappa shape index (κ3) is 4.23. The smallest absolute Gasteiger partial charge is 0.307 e. The Morgan fingerprint density at radius 3 is 2.55 bits per heavy atom. The van der Waals surface area contributed by atoms with Gasteiger partial charge in [0.1, 0.15) is 5.75 Å². The van der Waals surface area contributed by atoms with E-state index in [1.807, 2.05) is 26.0 Å². The molecule has 0 spiro atoms. The first-order chi connectivity index (χ1) is 10.5. The molecule has 2 N–H and O–H groups in total. The highest BCUT2D eigenvalue weighted by Gasteiger charge is 2.35. The highest BCUT2D eigenvalue weighted by Crippen LogP contribution is 2.31. The summed E-state index contributed by atoms with van der Waals surface area (Å²) >= 11 is 0. The second-order valence-corrected chi connectivity index (χ2v) is 6.02. The largest absolute Gasteiger partial charge is 0.491 e. The zero-order valence-electron chi connectivity index (χ0n) is 13.0. The van der Waals surface area contributed by atoms with Crippen molar-refractivity contribution in [3.05, 3.63) is 24.3 Å². The molecule has 1 aliphatic carbocycles. The maximum absolute atomic E-state index is 12.4. The van der Waals surface area contributed by atoms with Crippen LogP contribution in [0.5, 0.6) is 5.75 Å². The molecule has 0 bridgehead atoms. The number of ether oxygens (including phenoxy) is 1. The van der Waals surface area contributed by atoms with Gasteiger partial charge >= 0.3 is 5.97 Å². The summed E-state index contributed by atoms with van der Waals surface area (Å²) in [5.41, 5.74) is 0.637. The summed E-state index contributed by atoms with van der Waals surface area (Å²) in [7, 11) is 0. The number of benzene rings is 1. The number of nitrogens with one attached hydrogen (secondary N) is 1. The molecule has 5 heteroatoms. The molecule has 1 aliphatic rings. The lowest BCUT2D eigenvalue weighted by Crippen LogP contribution is -2.36. The monoisotopic (exact) mass is 305 g/mol. The predicted molar refractivity (Wildman–Crippen MR) is 83.9 cm³/mol. The molecule has 1 aromatic carbocycles. The number of anilines is 1. The van der Waals surface area contributed by atoms with Crippen molar-refractivity contribution in [2.45, 2.75) is 45.6 Å². The fourth-order valence-electron chi connectivity index (χ4n) is 2.89. The number of amides is 1. The quantitative estimate of drug-likeness (QED) is 0.875. The molecule has 0 saturated heterocycles. The van der Waals surface area contributed by atoms with Gasteiger partial charge in [0, 0.05) is 11.8 Å². The van der Waals surface area contributed by atoms with Gasteiger partial charge in [-0.15, -0.1) is 0 Å². The molecule has 120 valence electrons. The van der Waals surface area contributed by atoms with E-state index >= 15 is 0 Å². The molecule has 1 fully saturated rings. The number of carboxylic acids is 1. The minimum Gasteiger partial charge on any atom is -0.491 e. The van der Waals surface area contributed by atoms with Gasteiger partial charge in [-0.1, -0.05) is 18.9 Å². The van der Waals surface area contributed by atoms with Crippen LogP contribution in [0.4, 0.5) is 5.69 Å². The minimum absolute atomic E-state index is 0.0562. The predicted octanol–water partition coefficient (Wildman–Crippen LogP) is 3.30. The number of carboxylic acid groups (broad SMARTS) is 1. The number of carbonyl (C=O) groups excluding carboxylic acids is 1. The highest BCUT2D eigenvalue weighted by atomic mass is 16.5. The lowest BCUT2D eigenvalue weighted by atomic mass is 9.78. The van der Waals surface area contributed by atoms with E-state index in [2.05, 4.69) is 5.32 Å². The van der Waals surface area contributed by atoms with Gasteiger partial charge in [0.05, 0.1) is 17.9 Å². The summed E-state index contributed by atoms with van der Waals surface area (Å²) < 4.78 is 5.60. The third-order valence-electron chi connectivity index (χ3n) is 3.89. The minimum atomic E-state index is -0.878. The van der Waals surface area contributed by atoms with E-state index in [1.165, 1.54) is 0 Å². The first-order valence-corrected chi connectivity index (χ1v) is 7.77. The Balaban J connectivity index is 2.06. The Bertz CT molecular complexity index is 541. The van der Waals surface area contributed by atoms with E-state index in [-0.39, 0.29) is 12.0 Å². The summed E-state index contributed by atoms with van der Waals surface area (Å²) in [4.78, 5) is 23.7. The van der Waals surface area contributed by atoms with Crippen molar-refractivity contribution in [3.63, 3.8) is 0 Å². The zero-order valence-corrected chi connectivity index (χ0v) is 13.0.